The summed E-state index contributed by atoms with van der Waals surface area (Å²) in [4.78, 5) is 4.20. The molecular weight excluding hydrogens is 244 g/mol. The molecule has 90 valence electrons. The van der Waals surface area contributed by atoms with Crippen molar-refractivity contribution in [3.8, 4) is 0 Å². The van der Waals surface area contributed by atoms with Gasteiger partial charge in [-0.2, -0.15) is 0 Å². The molecule has 0 bridgehead atoms. The van der Waals surface area contributed by atoms with Crippen molar-refractivity contribution in [1.82, 2.24) is 4.98 Å². The van der Waals surface area contributed by atoms with E-state index in [-0.39, 0.29) is 5.41 Å². The van der Waals surface area contributed by atoms with Gasteiger partial charge in [0.15, 0.2) is 5.13 Å². The van der Waals surface area contributed by atoms with Crippen LogP contribution in [0.25, 0.3) is 0 Å². The maximum Gasteiger partial charge on any atom is 0.184 e. The SMILES string of the molecule is CCOC1CC(Nc2nc(Cl)cs2)C1(C)C. The van der Waals surface area contributed by atoms with E-state index in [1.807, 2.05) is 12.3 Å². The van der Waals surface area contributed by atoms with E-state index in [9.17, 15) is 0 Å². The molecule has 2 unspecified atom stereocenters. The summed E-state index contributed by atoms with van der Waals surface area (Å²) in [6.45, 7) is 7.27. The zero-order valence-corrected chi connectivity index (χ0v) is 11.4. The molecule has 1 aromatic rings. The van der Waals surface area contributed by atoms with Gasteiger partial charge in [0.25, 0.3) is 0 Å². The first-order chi connectivity index (χ1) is 7.54. The van der Waals surface area contributed by atoms with Crippen molar-refractivity contribution in [2.45, 2.75) is 39.3 Å². The number of ether oxygens (including phenoxy) is 1. The molecule has 16 heavy (non-hydrogen) atoms. The maximum atomic E-state index is 5.79. The lowest BCUT2D eigenvalue weighted by Gasteiger charge is -2.51. The lowest BCUT2D eigenvalue weighted by atomic mass is 9.64. The van der Waals surface area contributed by atoms with Crippen LogP contribution in [0.5, 0.6) is 0 Å². The van der Waals surface area contributed by atoms with Crippen LogP contribution in [0.15, 0.2) is 5.38 Å². The van der Waals surface area contributed by atoms with Gasteiger partial charge in [0.05, 0.1) is 6.10 Å². The third-order valence-corrected chi connectivity index (χ3v) is 4.42. The second-order valence-electron chi connectivity index (χ2n) is 4.67. The van der Waals surface area contributed by atoms with E-state index >= 15 is 0 Å². The highest BCUT2D eigenvalue weighted by molar-refractivity contribution is 7.14. The predicted molar refractivity (Wildman–Crippen MR) is 68.3 cm³/mol. The lowest BCUT2D eigenvalue weighted by Crippen LogP contribution is -2.58. The molecule has 0 radical (unpaired) electrons. The number of thiazole rings is 1. The molecule has 2 rings (SSSR count). The van der Waals surface area contributed by atoms with E-state index in [0.29, 0.717) is 17.3 Å². The van der Waals surface area contributed by atoms with Crippen LogP contribution in [0.1, 0.15) is 27.2 Å². The monoisotopic (exact) mass is 260 g/mol. The summed E-state index contributed by atoms with van der Waals surface area (Å²) < 4.78 is 5.68. The Labute approximate surface area is 105 Å². The van der Waals surface area contributed by atoms with Crippen molar-refractivity contribution in [3.05, 3.63) is 10.5 Å². The van der Waals surface area contributed by atoms with Crippen molar-refractivity contribution >= 4 is 28.1 Å². The summed E-state index contributed by atoms with van der Waals surface area (Å²) >= 11 is 7.34. The minimum Gasteiger partial charge on any atom is -0.378 e. The molecule has 1 saturated carbocycles. The maximum absolute atomic E-state index is 5.79. The summed E-state index contributed by atoms with van der Waals surface area (Å²) in [5.74, 6) is 0. The van der Waals surface area contributed by atoms with E-state index in [4.69, 9.17) is 16.3 Å². The van der Waals surface area contributed by atoms with Gasteiger partial charge in [-0.1, -0.05) is 25.4 Å². The second kappa shape index (κ2) is 4.51. The summed E-state index contributed by atoms with van der Waals surface area (Å²) in [5.41, 5.74) is 0.161. The third kappa shape index (κ3) is 2.19. The van der Waals surface area contributed by atoms with E-state index < -0.39 is 0 Å². The van der Waals surface area contributed by atoms with E-state index in [1.165, 1.54) is 0 Å². The number of halogens is 1. The molecule has 0 aromatic carbocycles. The first kappa shape index (κ1) is 12.1. The first-order valence-electron chi connectivity index (χ1n) is 5.53. The Morgan fingerprint density at radius 3 is 2.94 bits per heavy atom. The largest absolute Gasteiger partial charge is 0.378 e. The highest BCUT2D eigenvalue weighted by Gasteiger charge is 2.49. The van der Waals surface area contributed by atoms with Crippen LogP contribution in [0, 0.1) is 5.41 Å². The Morgan fingerprint density at radius 1 is 1.69 bits per heavy atom. The molecule has 0 saturated heterocycles. The van der Waals surface area contributed by atoms with Gasteiger partial charge in [-0.25, -0.2) is 4.98 Å². The third-order valence-electron chi connectivity index (χ3n) is 3.32. The molecule has 1 heterocycles. The zero-order valence-electron chi connectivity index (χ0n) is 9.79. The van der Waals surface area contributed by atoms with Gasteiger partial charge in [-0.3, -0.25) is 0 Å². The van der Waals surface area contributed by atoms with Crippen LogP contribution in [0.3, 0.4) is 0 Å². The lowest BCUT2D eigenvalue weighted by molar-refractivity contribution is -0.0975. The quantitative estimate of drug-likeness (QED) is 0.901. The molecule has 1 fully saturated rings. The molecule has 1 aliphatic carbocycles. The number of aromatic nitrogens is 1. The van der Waals surface area contributed by atoms with Crippen molar-refractivity contribution in [2.24, 2.45) is 5.41 Å². The fourth-order valence-corrected chi connectivity index (χ4v) is 2.98. The smallest absolute Gasteiger partial charge is 0.184 e. The van der Waals surface area contributed by atoms with Gasteiger partial charge in [-0.05, 0) is 13.3 Å². The van der Waals surface area contributed by atoms with Crippen LogP contribution in [-0.2, 0) is 4.74 Å². The molecule has 2 atom stereocenters. The Balaban J connectivity index is 1.94. The molecule has 1 N–H and O–H groups in total. The van der Waals surface area contributed by atoms with Gasteiger partial charge in [0.1, 0.15) is 5.15 Å². The molecule has 1 aliphatic rings. The zero-order chi connectivity index (χ0) is 11.8. The Bertz CT molecular complexity index is 367. The Morgan fingerprint density at radius 2 is 2.44 bits per heavy atom. The molecule has 0 spiro atoms. The fourth-order valence-electron chi connectivity index (χ4n) is 2.08. The number of hydrogen-bond donors (Lipinski definition) is 1. The summed E-state index contributed by atoms with van der Waals surface area (Å²) in [7, 11) is 0. The average Bonchev–Trinajstić information content (AvgIpc) is 2.63. The van der Waals surface area contributed by atoms with Crippen LogP contribution < -0.4 is 5.32 Å². The van der Waals surface area contributed by atoms with Gasteiger partial charge < -0.3 is 10.1 Å². The highest BCUT2D eigenvalue weighted by Crippen LogP contribution is 2.44. The first-order valence-corrected chi connectivity index (χ1v) is 6.79. The molecule has 5 heteroatoms. The molecule has 3 nitrogen and oxygen atoms in total. The highest BCUT2D eigenvalue weighted by atomic mass is 35.5. The van der Waals surface area contributed by atoms with E-state index in [0.717, 1.165) is 18.2 Å². The molecular formula is C11H17ClN2OS. The predicted octanol–water partition coefficient (Wildman–Crippen LogP) is 3.41. The minimum absolute atomic E-state index is 0.161. The number of anilines is 1. The normalized spacial score (nSPS) is 27.5. The number of nitrogens with zero attached hydrogens (tertiary/aromatic N) is 1. The number of rotatable bonds is 4. The average molecular weight is 261 g/mol. The van der Waals surface area contributed by atoms with Gasteiger partial charge in [0, 0.05) is 23.4 Å². The standard InChI is InChI=1S/C11H17ClN2OS/c1-4-15-8-5-7(11(8,2)3)13-10-14-9(12)6-16-10/h6-8H,4-5H2,1-3H3,(H,13,14). The Kier molecular flexibility index (Phi) is 3.42. The number of hydrogen-bond acceptors (Lipinski definition) is 4. The van der Waals surface area contributed by atoms with Crippen molar-refractivity contribution < 1.29 is 4.74 Å². The molecule has 1 aromatic heterocycles. The summed E-state index contributed by atoms with van der Waals surface area (Å²) in [5, 5.41) is 6.73. The summed E-state index contributed by atoms with van der Waals surface area (Å²) in [6.07, 6.45) is 1.39. The number of nitrogens with one attached hydrogen (secondary N) is 1. The van der Waals surface area contributed by atoms with Gasteiger partial charge >= 0.3 is 0 Å². The molecule has 0 aliphatic heterocycles. The van der Waals surface area contributed by atoms with Crippen LogP contribution in [0.4, 0.5) is 5.13 Å². The fraction of sp³-hybridized carbons (Fsp3) is 0.727. The summed E-state index contributed by atoms with van der Waals surface area (Å²) in [6, 6.07) is 0.422. The second-order valence-corrected chi connectivity index (χ2v) is 5.92. The van der Waals surface area contributed by atoms with Crippen molar-refractivity contribution in [1.29, 1.82) is 0 Å². The Hall–Kier alpha value is -0.320. The topological polar surface area (TPSA) is 34.1 Å². The van der Waals surface area contributed by atoms with Crippen LogP contribution in [-0.4, -0.2) is 23.7 Å². The van der Waals surface area contributed by atoms with Gasteiger partial charge in [-0.15, -0.1) is 11.3 Å². The minimum atomic E-state index is 0.161. The van der Waals surface area contributed by atoms with Crippen LogP contribution in [0.2, 0.25) is 5.15 Å². The van der Waals surface area contributed by atoms with E-state index in [2.05, 4.69) is 24.1 Å². The van der Waals surface area contributed by atoms with E-state index in [1.54, 1.807) is 11.3 Å². The van der Waals surface area contributed by atoms with Gasteiger partial charge in [0.2, 0.25) is 0 Å². The molecule has 0 amide bonds. The van der Waals surface area contributed by atoms with Crippen molar-refractivity contribution in [3.63, 3.8) is 0 Å². The van der Waals surface area contributed by atoms with Crippen molar-refractivity contribution in [2.75, 3.05) is 11.9 Å². The van der Waals surface area contributed by atoms with Crippen LogP contribution >= 0.6 is 22.9 Å².